The largest absolute Gasteiger partial charge is 0.497 e. The third-order valence-corrected chi connectivity index (χ3v) is 6.24. The van der Waals surface area contributed by atoms with Crippen LogP contribution in [0.4, 0.5) is 4.39 Å². The Balaban J connectivity index is 1.83. The quantitative estimate of drug-likeness (QED) is 0.634. The molecule has 29 heavy (non-hydrogen) atoms. The lowest BCUT2D eigenvalue weighted by Crippen LogP contribution is -2.29. The van der Waals surface area contributed by atoms with Gasteiger partial charge in [-0.15, -0.1) is 0 Å². The summed E-state index contributed by atoms with van der Waals surface area (Å²) in [6.45, 7) is 0.453. The Bertz CT molecular complexity index is 932. The molecular weight excluding hydrogens is 399 g/mol. The first kappa shape index (κ1) is 22.6. The molecule has 0 unspecified atom stereocenters. The fraction of sp³-hybridized carbons (Fsp3) is 0.350. The summed E-state index contributed by atoms with van der Waals surface area (Å²) in [5.74, 6) is 0.560. The monoisotopic (exact) mass is 424 g/mol. The molecule has 0 radical (unpaired) electrons. The number of hydrogen-bond donors (Lipinski definition) is 1. The number of methoxy groups -OCH3 is 2. The van der Waals surface area contributed by atoms with Crippen LogP contribution >= 0.6 is 0 Å². The summed E-state index contributed by atoms with van der Waals surface area (Å²) in [4.78, 5) is 12.1. The van der Waals surface area contributed by atoms with Crippen molar-refractivity contribution in [1.29, 1.82) is 0 Å². The molecule has 0 bridgehead atoms. The summed E-state index contributed by atoms with van der Waals surface area (Å²) >= 11 is 0. The molecular formula is C20H25FN2O5S. The highest BCUT2D eigenvalue weighted by molar-refractivity contribution is 7.89. The SMILES string of the molecule is COc1ccc(CNC(=O)CCCN(C)S(=O)(=O)c2ccc(F)cc2)c(OC)c1. The maximum Gasteiger partial charge on any atom is 0.242 e. The van der Waals surface area contributed by atoms with Gasteiger partial charge >= 0.3 is 0 Å². The fourth-order valence-electron chi connectivity index (χ4n) is 2.65. The van der Waals surface area contributed by atoms with Crippen molar-refractivity contribution < 1.29 is 27.1 Å². The van der Waals surface area contributed by atoms with Gasteiger partial charge in [0.1, 0.15) is 17.3 Å². The Kier molecular flexibility index (Phi) is 7.98. The topological polar surface area (TPSA) is 84.9 Å². The lowest BCUT2D eigenvalue weighted by Gasteiger charge is -2.17. The van der Waals surface area contributed by atoms with Crippen molar-refractivity contribution in [3.05, 3.63) is 53.8 Å². The van der Waals surface area contributed by atoms with E-state index in [0.717, 1.165) is 22.0 Å². The zero-order chi connectivity index (χ0) is 21.4. The van der Waals surface area contributed by atoms with Crippen molar-refractivity contribution in [2.45, 2.75) is 24.3 Å². The molecule has 2 rings (SSSR count). The summed E-state index contributed by atoms with van der Waals surface area (Å²) in [6, 6.07) is 9.95. The number of ether oxygens (including phenoxy) is 2. The zero-order valence-corrected chi connectivity index (χ0v) is 17.5. The Morgan fingerprint density at radius 3 is 2.41 bits per heavy atom. The van der Waals surface area contributed by atoms with Crippen LogP contribution in [0.5, 0.6) is 11.5 Å². The number of sulfonamides is 1. The van der Waals surface area contributed by atoms with Crippen LogP contribution < -0.4 is 14.8 Å². The van der Waals surface area contributed by atoms with Crippen LogP contribution in [0.25, 0.3) is 0 Å². The molecule has 0 heterocycles. The molecule has 7 nitrogen and oxygen atoms in total. The minimum Gasteiger partial charge on any atom is -0.497 e. The average Bonchev–Trinajstić information content (AvgIpc) is 2.72. The van der Waals surface area contributed by atoms with Crippen molar-refractivity contribution in [3.8, 4) is 11.5 Å². The molecule has 0 aliphatic rings. The van der Waals surface area contributed by atoms with Crippen LogP contribution in [0.15, 0.2) is 47.4 Å². The second-order valence-electron chi connectivity index (χ2n) is 6.34. The number of rotatable bonds is 10. The molecule has 1 amide bonds. The van der Waals surface area contributed by atoms with Gasteiger partial charge in [-0.25, -0.2) is 17.1 Å². The third kappa shape index (κ3) is 6.16. The van der Waals surface area contributed by atoms with E-state index >= 15 is 0 Å². The maximum absolute atomic E-state index is 13.0. The van der Waals surface area contributed by atoms with Crippen LogP contribution in [-0.4, -0.2) is 46.4 Å². The maximum atomic E-state index is 13.0. The number of carbonyl (C=O) groups excluding carboxylic acids is 1. The van der Waals surface area contributed by atoms with Gasteiger partial charge in [-0.1, -0.05) is 0 Å². The molecule has 0 saturated heterocycles. The highest BCUT2D eigenvalue weighted by atomic mass is 32.2. The fourth-order valence-corrected chi connectivity index (χ4v) is 3.86. The minimum absolute atomic E-state index is 0.0115. The van der Waals surface area contributed by atoms with Crippen molar-refractivity contribution in [2.75, 3.05) is 27.8 Å². The Hall–Kier alpha value is -2.65. The van der Waals surface area contributed by atoms with Gasteiger partial charge in [0.25, 0.3) is 0 Å². The summed E-state index contributed by atoms with van der Waals surface area (Å²) in [5, 5.41) is 2.79. The van der Waals surface area contributed by atoms with Crippen molar-refractivity contribution in [3.63, 3.8) is 0 Å². The molecule has 0 spiro atoms. The number of amides is 1. The molecule has 1 N–H and O–H groups in total. The predicted octanol–water partition coefficient (Wildman–Crippen LogP) is 2.56. The molecule has 0 aliphatic heterocycles. The van der Waals surface area contributed by atoms with Crippen LogP contribution in [0.1, 0.15) is 18.4 Å². The van der Waals surface area contributed by atoms with E-state index in [1.54, 1.807) is 25.3 Å². The van der Waals surface area contributed by atoms with Gasteiger partial charge < -0.3 is 14.8 Å². The first-order valence-electron chi connectivity index (χ1n) is 8.97. The number of halogens is 1. The highest BCUT2D eigenvalue weighted by Crippen LogP contribution is 2.24. The Labute approximate surface area is 170 Å². The lowest BCUT2D eigenvalue weighted by atomic mass is 10.2. The normalized spacial score (nSPS) is 11.3. The van der Waals surface area contributed by atoms with E-state index in [-0.39, 0.29) is 30.3 Å². The van der Waals surface area contributed by atoms with Gasteiger partial charge in [-0.05, 0) is 42.8 Å². The number of benzene rings is 2. The molecule has 0 fully saturated rings. The van der Waals surface area contributed by atoms with Crippen LogP contribution in [0, 0.1) is 5.82 Å². The van der Waals surface area contributed by atoms with E-state index in [1.807, 2.05) is 0 Å². The van der Waals surface area contributed by atoms with E-state index < -0.39 is 15.8 Å². The van der Waals surface area contributed by atoms with Crippen LogP contribution in [-0.2, 0) is 21.4 Å². The second kappa shape index (κ2) is 10.2. The number of nitrogens with zero attached hydrogens (tertiary/aromatic N) is 1. The second-order valence-corrected chi connectivity index (χ2v) is 8.38. The zero-order valence-electron chi connectivity index (χ0n) is 16.6. The predicted molar refractivity (Wildman–Crippen MR) is 107 cm³/mol. The molecule has 2 aromatic rings. The summed E-state index contributed by atoms with van der Waals surface area (Å²) < 4.78 is 49.4. The van der Waals surface area contributed by atoms with Gasteiger partial charge in [-0.3, -0.25) is 4.79 Å². The molecule has 0 saturated carbocycles. The van der Waals surface area contributed by atoms with Gasteiger partial charge in [0, 0.05) is 38.2 Å². The Morgan fingerprint density at radius 1 is 1.10 bits per heavy atom. The standard InChI is InChI=1S/C20H25FN2O5S/c1-23(29(25,26)18-10-7-16(21)8-11-18)12-4-5-20(24)22-14-15-6-9-17(27-2)13-19(15)28-3/h6-11,13H,4-5,12,14H2,1-3H3,(H,22,24). The smallest absolute Gasteiger partial charge is 0.242 e. The van der Waals surface area contributed by atoms with E-state index in [2.05, 4.69) is 5.32 Å². The van der Waals surface area contributed by atoms with Gasteiger partial charge in [0.15, 0.2) is 0 Å². The number of carbonyl (C=O) groups is 1. The third-order valence-electron chi connectivity index (χ3n) is 4.37. The van der Waals surface area contributed by atoms with Crippen molar-refractivity contribution in [1.82, 2.24) is 9.62 Å². The van der Waals surface area contributed by atoms with E-state index in [0.29, 0.717) is 17.9 Å². The average molecular weight is 424 g/mol. The summed E-state index contributed by atoms with van der Waals surface area (Å²) in [6.07, 6.45) is 0.518. The van der Waals surface area contributed by atoms with Gasteiger partial charge in [0.05, 0.1) is 19.1 Å². The minimum atomic E-state index is -3.72. The lowest BCUT2D eigenvalue weighted by molar-refractivity contribution is -0.121. The molecule has 0 atom stereocenters. The van der Waals surface area contributed by atoms with Crippen LogP contribution in [0.3, 0.4) is 0 Å². The van der Waals surface area contributed by atoms with Gasteiger partial charge in [0.2, 0.25) is 15.9 Å². The van der Waals surface area contributed by atoms with Crippen molar-refractivity contribution >= 4 is 15.9 Å². The van der Waals surface area contributed by atoms with Crippen molar-refractivity contribution in [2.24, 2.45) is 0 Å². The summed E-state index contributed by atoms with van der Waals surface area (Å²) in [5.41, 5.74) is 0.803. The van der Waals surface area contributed by atoms with E-state index in [1.165, 1.54) is 26.3 Å². The molecule has 158 valence electrons. The van der Waals surface area contributed by atoms with Gasteiger partial charge in [-0.2, -0.15) is 0 Å². The first-order chi connectivity index (χ1) is 13.8. The molecule has 0 aromatic heterocycles. The molecule has 2 aromatic carbocycles. The number of nitrogens with one attached hydrogen (secondary N) is 1. The summed E-state index contributed by atoms with van der Waals surface area (Å²) in [7, 11) is 0.810. The molecule has 9 heteroatoms. The van der Waals surface area contributed by atoms with E-state index in [9.17, 15) is 17.6 Å². The number of hydrogen-bond acceptors (Lipinski definition) is 5. The highest BCUT2D eigenvalue weighted by Gasteiger charge is 2.20. The Morgan fingerprint density at radius 2 is 1.79 bits per heavy atom. The molecule has 0 aliphatic carbocycles. The van der Waals surface area contributed by atoms with E-state index in [4.69, 9.17) is 9.47 Å². The first-order valence-corrected chi connectivity index (χ1v) is 10.4. The van der Waals surface area contributed by atoms with Crippen LogP contribution in [0.2, 0.25) is 0 Å².